The first kappa shape index (κ1) is 24.7. The van der Waals surface area contributed by atoms with Crippen molar-refractivity contribution in [1.82, 2.24) is 0 Å². The van der Waals surface area contributed by atoms with Gasteiger partial charge in [0.15, 0.2) is 0 Å². The molecule has 6 heteroatoms. The monoisotopic (exact) mass is 473 g/mol. The van der Waals surface area contributed by atoms with Gasteiger partial charge in [-0.05, 0) is 85.3 Å². The summed E-state index contributed by atoms with van der Waals surface area (Å²) in [5.41, 5.74) is 1.35. The minimum absolute atomic E-state index is 0.358. The summed E-state index contributed by atoms with van der Waals surface area (Å²) in [5, 5.41) is 3.65. The van der Waals surface area contributed by atoms with Gasteiger partial charge >= 0.3 is 6.18 Å². The third-order valence-corrected chi connectivity index (χ3v) is 6.12. The van der Waals surface area contributed by atoms with E-state index in [0.717, 1.165) is 23.4 Å². The largest absolute Gasteiger partial charge is 0.416 e. The summed E-state index contributed by atoms with van der Waals surface area (Å²) >= 11 is 5.90. The molecule has 1 unspecified atom stereocenters. The van der Waals surface area contributed by atoms with Crippen molar-refractivity contribution in [2.75, 3.05) is 5.32 Å². The summed E-state index contributed by atoms with van der Waals surface area (Å²) in [6.45, 7) is 1.93. The number of hydrogen-bond acceptors (Lipinski definition) is 1. The number of rotatable bonds is 8. The first-order valence-electron chi connectivity index (χ1n) is 10.6. The van der Waals surface area contributed by atoms with Gasteiger partial charge in [0, 0.05) is 10.7 Å². The van der Waals surface area contributed by atoms with E-state index in [2.05, 4.69) is 11.2 Å². The lowest BCUT2D eigenvalue weighted by Crippen LogP contribution is -2.23. The van der Waals surface area contributed by atoms with Crippen molar-refractivity contribution in [2.24, 2.45) is 0 Å². The summed E-state index contributed by atoms with van der Waals surface area (Å²) in [6.07, 6.45) is 4.02. The zero-order valence-corrected chi connectivity index (χ0v) is 18.9. The molecule has 0 aliphatic carbocycles. The minimum atomic E-state index is -4.39. The Kier molecular flexibility index (Phi) is 7.71. The minimum Gasteiger partial charge on any atom is -0.353 e. The van der Waals surface area contributed by atoms with E-state index in [1.165, 1.54) is 18.2 Å². The Morgan fingerprint density at radius 3 is 2.15 bits per heavy atom. The van der Waals surface area contributed by atoms with Crippen LogP contribution < -0.4 is 5.32 Å². The second-order valence-electron chi connectivity index (χ2n) is 7.95. The van der Waals surface area contributed by atoms with Crippen LogP contribution in [-0.2, 0) is 18.0 Å². The van der Waals surface area contributed by atoms with Crippen LogP contribution in [0.1, 0.15) is 42.9 Å². The van der Waals surface area contributed by atoms with Gasteiger partial charge in [-0.2, -0.15) is 13.2 Å². The van der Waals surface area contributed by atoms with E-state index in [1.54, 1.807) is 36.4 Å². The number of alkyl halides is 3. The Morgan fingerprint density at radius 2 is 1.58 bits per heavy atom. The van der Waals surface area contributed by atoms with Gasteiger partial charge in [-0.15, -0.1) is 6.42 Å². The van der Waals surface area contributed by atoms with E-state index >= 15 is 0 Å². The SMILES string of the molecule is C#CC(CC)(CCCc1ccc(F)c(Nc2ccc(Cl)cc2)c1)c1ccc(C(F)(F)F)cc1. The van der Waals surface area contributed by atoms with Gasteiger partial charge in [-0.1, -0.05) is 42.6 Å². The van der Waals surface area contributed by atoms with Crippen LogP contribution in [-0.4, -0.2) is 0 Å². The van der Waals surface area contributed by atoms with Crippen LogP contribution >= 0.6 is 11.6 Å². The molecule has 3 aromatic rings. The molecule has 1 N–H and O–H groups in total. The maximum absolute atomic E-state index is 14.3. The zero-order chi connectivity index (χ0) is 24.1. The van der Waals surface area contributed by atoms with Crippen molar-refractivity contribution in [3.05, 3.63) is 94.3 Å². The molecule has 0 spiro atoms. The molecule has 0 aromatic heterocycles. The Labute approximate surface area is 196 Å². The fraction of sp³-hybridized carbons (Fsp3) is 0.259. The lowest BCUT2D eigenvalue weighted by molar-refractivity contribution is -0.137. The predicted molar refractivity (Wildman–Crippen MR) is 126 cm³/mol. The van der Waals surface area contributed by atoms with E-state index in [1.807, 2.05) is 6.92 Å². The Hall–Kier alpha value is -2.97. The molecule has 0 heterocycles. The van der Waals surface area contributed by atoms with Crippen LogP contribution in [0.15, 0.2) is 66.7 Å². The molecule has 0 saturated carbocycles. The average Bonchev–Trinajstić information content (AvgIpc) is 2.80. The second kappa shape index (κ2) is 10.3. The fourth-order valence-electron chi connectivity index (χ4n) is 3.87. The van der Waals surface area contributed by atoms with Crippen molar-refractivity contribution >= 4 is 23.0 Å². The number of aryl methyl sites for hydroxylation is 1. The summed E-state index contributed by atoms with van der Waals surface area (Å²) < 4.78 is 53.0. The molecule has 0 amide bonds. The number of halogens is 5. The Balaban J connectivity index is 1.70. The molecule has 0 aliphatic heterocycles. The molecule has 33 heavy (non-hydrogen) atoms. The van der Waals surface area contributed by atoms with Crippen molar-refractivity contribution < 1.29 is 17.6 Å². The Bertz CT molecular complexity index is 1110. The van der Waals surface area contributed by atoms with Crippen molar-refractivity contribution in [1.29, 1.82) is 0 Å². The van der Waals surface area contributed by atoms with Gasteiger partial charge in [-0.25, -0.2) is 4.39 Å². The molecular formula is C27H24ClF4N. The maximum Gasteiger partial charge on any atom is 0.416 e. The first-order chi connectivity index (χ1) is 15.7. The highest BCUT2D eigenvalue weighted by Gasteiger charge is 2.32. The second-order valence-corrected chi connectivity index (χ2v) is 8.39. The van der Waals surface area contributed by atoms with E-state index in [4.69, 9.17) is 18.0 Å². The molecule has 172 valence electrons. The van der Waals surface area contributed by atoms with Crippen LogP contribution in [0.5, 0.6) is 0 Å². The van der Waals surface area contributed by atoms with Gasteiger partial charge in [-0.3, -0.25) is 0 Å². The van der Waals surface area contributed by atoms with Gasteiger partial charge in [0.25, 0.3) is 0 Å². The standard InChI is InChI=1S/C27H24ClF4N/c1-3-26(4-2,20-8-10-21(11-9-20)27(30,31)32)17-5-6-19-7-16-24(29)25(18-19)33-23-14-12-22(28)13-15-23/h1,7-16,18,33H,4-6,17H2,2H3. The number of nitrogens with one attached hydrogen (secondary N) is 1. The van der Waals surface area contributed by atoms with Gasteiger partial charge < -0.3 is 5.32 Å². The van der Waals surface area contributed by atoms with Crippen LogP contribution in [0.2, 0.25) is 5.02 Å². The van der Waals surface area contributed by atoms with Crippen LogP contribution in [0, 0.1) is 18.2 Å². The van der Waals surface area contributed by atoms with Crippen LogP contribution in [0.25, 0.3) is 0 Å². The van der Waals surface area contributed by atoms with Gasteiger partial charge in [0.2, 0.25) is 0 Å². The number of terminal acetylenes is 1. The first-order valence-corrected chi connectivity index (χ1v) is 11.0. The maximum atomic E-state index is 14.3. The summed E-state index contributed by atoms with van der Waals surface area (Å²) in [5.74, 6) is 2.45. The molecule has 0 aliphatic rings. The molecule has 0 fully saturated rings. The quantitative estimate of drug-likeness (QED) is 0.255. The average molecular weight is 474 g/mol. The molecule has 3 rings (SSSR count). The summed E-state index contributed by atoms with van der Waals surface area (Å²) in [7, 11) is 0. The molecule has 1 atom stereocenters. The van der Waals surface area contributed by atoms with Crippen LogP contribution in [0.4, 0.5) is 28.9 Å². The van der Waals surface area contributed by atoms with E-state index < -0.39 is 17.2 Å². The molecule has 0 bridgehead atoms. The highest BCUT2D eigenvalue weighted by molar-refractivity contribution is 6.30. The van der Waals surface area contributed by atoms with Crippen molar-refractivity contribution in [2.45, 2.75) is 44.2 Å². The van der Waals surface area contributed by atoms with Crippen molar-refractivity contribution in [3.63, 3.8) is 0 Å². The van der Waals surface area contributed by atoms with Crippen molar-refractivity contribution in [3.8, 4) is 12.3 Å². The highest BCUT2D eigenvalue weighted by atomic mass is 35.5. The van der Waals surface area contributed by atoms with E-state index in [-0.39, 0.29) is 5.82 Å². The lowest BCUT2D eigenvalue weighted by Gasteiger charge is -2.28. The molecular weight excluding hydrogens is 450 g/mol. The highest BCUT2D eigenvalue weighted by Crippen LogP contribution is 2.36. The number of benzene rings is 3. The van der Waals surface area contributed by atoms with E-state index in [0.29, 0.717) is 42.0 Å². The molecule has 0 saturated heterocycles. The molecule has 0 radical (unpaired) electrons. The van der Waals surface area contributed by atoms with Gasteiger partial charge in [0.05, 0.1) is 16.7 Å². The topological polar surface area (TPSA) is 12.0 Å². The fourth-order valence-corrected chi connectivity index (χ4v) is 3.99. The van der Waals surface area contributed by atoms with Gasteiger partial charge in [0.1, 0.15) is 5.82 Å². The smallest absolute Gasteiger partial charge is 0.353 e. The normalized spacial score (nSPS) is 13.2. The number of anilines is 2. The van der Waals surface area contributed by atoms with Crippen LogP contribution in [0.3, 0.4) is 0 Å². The Morgan fingerprint density at radius 1 is 0.939 bits per heavy atom. The third kappa shape index (κ3) is 6.09. The number of hydrogen-bond donors (Lipinski definition) is 1. The molecule has 1 nitrogen and oxygen atoms in total. The summed E-state index contributed by atoms with van der Waals surface area (Å²) in [6, 6.07) is 17.0. The van der Waals surface area contributed by atoms with E-state index in [9.17, 15) is 17.6 Å². The lowest BCUT2D eigenvalue weighted by atomic mass is 9.74. The summed E-state index contributed by atoms with van der Waals surface area (Å²) in [4.78, 5) is 0. The predicted octanol–water partition coefficient (Wildman–Crippen LogP) is 8.55. The molecule has 3 aromatic carbocycles. The third-order valence-electron chi connectivity index (χ3n) is 5.87. The zero-order valence-electron chi connectivity index (χ0n) is 18.1.